The van der Waals surface area contributed by atoms with Crippen LogP contribution < -0.4 is 0 Å². The largest absolute Gasteiger partial charge is 0.505 e. The lowest BCUT2D eigenvalue weighted by atomic mass is 10.2. The van der Waals surface area contributed by atoms with Crippen molar-refractivity contribution in [1.29, 1.82) is 0 Å². The summed E-state index contributed by atoms with van der Waals surface area (Å²) in [5.41, 5.74) is 0. The lowest BCUT2D eigenvalue weighted by Gasteiger charge is -2.38. The van der Waals surface area contributed by atoms with Gasteiger partial charge in [0.05, 0.1) is 19.5 Å². The molecule has 0 radical (unpaired) electrons. The van der Waals surface area contributed by atoms with Gasteiger partial charge in [0.15, 0.2) is 8.32 Å². The summed E-state index contributed by atoms with van der Waals surface area (Å²) in [6.07, 6.45) is 10.7. The Hall–Kier alpha value is -0.326. The van der Waals surface area contributed by atoms with Crippen LogP contribution in [0.25, 0.3) is 0 Å². The standard InChI is InChI=1S/C18H38O2Si2/c1-18(2,3)22(8,9)20-17(13-10-11-15-19-4)14-12-16-21(5,6)7/h11-12,14-15,17H,10,13,16H2,1-9H3/b14-12-,15-11+. The minimum absolute atomic E-state index is 0.221. The molecule has 0 aliphatic heterocycles. The average Bonchev–Trinajstić information content (AvgIpc) is 2.30. The van der Waals surface area contributed by atoms with Crippen molar-refractivity contribution in [2.45, 2.75) is 83.5 Å². The minimum atomic E-state index is -1.73. The van der Waals surface area contributed by atoms with Crippen molar-refractivity contribution in [2.75, 3.05) is 7.11 Å². The van der Waals surface area contributed by atoms with Gasteiger partial charge in [0, 0.05) is 8.07 Å². The van der Waals surface area contributed by atoms with Gasteiger partial charge >= 0.3 is 0 Å². The summed E-state index contributed by atoms with van der Waals surface area (Å²) in [6.45, 7) is 18.8. The van der Waals surface area contributed by atoms with E-state index in [1.807, 2.05) is 0 Å². The Morgan fingerprint density at radius 1 is 1.00 bits per heavy atom. The van der Waals surface area contributed by atoms with Crippen molar-refractivity contribution >= 4 is 16.4 Å². The van der Waals surface area contributed by atoms with Gasteiger partial charge in [0.2, 0.25) is 0 Å². The van der Waals surface area contributed by atoms with E-state index in [9.17, 15) is 0 Å². The quantitative estimate of drug-likeness (QED) is 0.282. The summed E-state index contributed by atoms with van der Waals surface area (Å²) in [6, 6.07) is 1.22. The van der Waals surface area contributed by atoms with E-state index in [0.29, 0.717) is 0 Å². The first kappa shape index (κ1) is 21.7. The fourth-order valence-corrected chi connectivity index (χ4v) is 3.90. The van der Waals surface area contributed by atoms with Crippen molar-refractivity contribution in [3.05, 3.63) is 24.5 Å². The topological polar surface area (TPSA) is 18.5 Å². The van der Waals surface area contributed by atoms with Crippen molar-refractivity contribution < 1.29 is 9.16 Å². The van der Waals surface area contributed by atoms with Crippen LogP contribution in [0.15, 0.2) is 24.5 Å². The molecule has 0 aromatic heterocycles. The number of allylic oxidation sites excluding steroid dienone is 2. The van der Waals surface area contributed by atoms with Crippen molar-refractivity contribution in [3.8, 4) is 0 Å². The summed E-state index contributed by atoms with van der Waals surface area (Å²) in [7, 11) is -1.07. The Bertz CT molecular complexity index is 360. The van der Waals surface area contributed by atoms with Crippen LogP contribution in [0.4, 0.5) is 0 Å². The molecule has 0 saturated carbocycles. The minimum Gasteiger partial charge on any atom is -0.505 e. The molecule has 22 heavy (non-hydrogen) atoms. The fraction of sp³-hybridized carbons (Fsp3) is 0.778. The smallest absolute Gasteiger partial charge is 0.192 e. The van der Waals surface area contributed by atoms with Gasteiger partial charge < -0.3 is 9.16 Å². The molecule has 0 fully saturated rings. The Labute approximate surface area is 141 Å². The second-order valence-corrected chi connectivity index (χ2v) is 19.1. The molecule has 0 bridgehead atoms. The second kappa shape index (κ2) is 9.09. The summed E-state index contributed by atoms with van der Waals surface area (Å²) in [5.74, 6) is 0. The summed E-state index contributed by atoms with van der Waals surface area (Å²) in [5, 5.41) is 0.250. The molecule has 0 aromatic rings. The predicted octanol–water partition coefficient (Wildman–Crippen LogP) is 6.21. The van der Waals surface area contributed by atoms with Crippen LogP contribution in [0.5, 0.6) is 0 Å². The van der Waals surface area contributed by atoms with E-state index in [0.717, 1.165) is 12.8 Å². The first-order valence-corrected chi connectivity index (χ1v) is 15.0. The van der Waals surface area contributed by atoms with Crippen molar-refractivity contribution in [1.82, 2.24) is 0 Å². The zero-order valence-electron chi connectivity index (χ0n) is 16.3. The molecule has 1 unspecified atom stereocenters. The molecule has 0 spiro atoms. The predicted molar refractivity (Wildman–Crippen MR) is 105 cm³/mol. The molecule has 0 amide bonds. The Balaban J connectivity index is 4.82. The van der Waals surface area contributed by atoms with Crippen molar-refractivity contribution in [2.24, 2.45) is 0 Å². The third-order valence-electron chi connectivity index (χ3n) is 4.18. The van der Waals surface area contributed by atoms with E-state index >= 15 is 0 Å². The molecular formula is C18H38O2Si2. The highest BCUT2D eigenvalue weighted by atomic mass is 28.4. The zero-order valence-corrected chi connectivity index (χ0v) is 18.3. The van der Waals surface area contributed by atoms with Crippen LogP contribution in [-0.2, 0) is 9.16 Å². The van der Waals surface area contributed by atoms with Gasteiger partial charge in [-0.25, -0.2) is 0 Å². The van der Waals surface area contributed by atoms with Gasteiger partial charge in [0.25, 0.3) is 0 Å². The molecule has 0 heterocycles. The van der Waals surface area contributed by atoms with Gasteiger partial charge in [-0.2, -0.15) is 0 Å². The van der Waals surface area contributed by atoms with Gasteiger partial charge in [0.1, 0.15) is 0 Å². The van der Waals surface area contributed by atoms with E-state index in [4.69, 9.17) is 9.16 Å². The lowest BCUT2D eigenvalue weighted by molar-refractivity contribution is 0.215. The van der Waals surface area contributed by atoms with Gasteiger partial charge in [-0.1, -0.05) is 52.6 Å². The number of rotatable bonds is 9. The molecule has 0 aliphatic carbocycles. The van der Waals surface area contributed by atoms with E-state index in [1.54, 1.807) is 13.4 Å². The normalized spacial score (nSPS) is 15.7. The Morgan fingerprint density at radius 3 is 2.05 bits per heavy atom. The first-order chi connectivity index (χ1) is 9.89. The molecule has 2 nitrogen and oxygen atoms in total. The van der Waals surface area contributed by atoms with Gasteiger partial charge in [-0.05, 0) is 43.1 Å². The fourth-order valence-electron chi connectivity index (χ4n) is 1.75. The third kappa shape index (κ3) is 9.64. The summed E-state index contributed by atoms with van der Waals surface area (Å²) >= 11 is 0. The molecular weight excluding hydrogens is 304 g/mol. The maximum atomic E-state index is 6.59. The molecule has 0 aromatic carbocycles. The van der Waals surface area contributed by atoms with E-state index in [1.165, 1.54) is 6.04 Å². The Kier molecular flexibility index (Phi) is 8.95. The lowest BCUT2D eigenvalue weighted by Crippen LogP contribution is -2.43. The maximum absolute atomic E-state index is 6.59. The number of hydrogen-bond acceptors (Lipinski definition) is 2. The van der Waals surface area contributed by atoms with Crippen LogP contribution >= 0.6 is 0 Å². The van der Waals surface area contributed by atoms with E-state index < -0.39 is 16.4 Å². The maximum Gasteiger partial charge on any atom is 0.192 e. The third-order valence-corrected chi connectivity index (χ3v) is 10.1. The van der Waals surface area contributed by atoms with E-state index in [2.05, 4.69) is 71.7 Å². The molecule has 0 rings (SSSR count). The number of methoxy groups -OCH3 is 1. The van der Waals surface area contributed by atoms with Crippen LogP contribution in [0.2, 0.25) is 43.8 Å². The van der Waals surface area contributed by atoms with Crippen molar-refractivity contribution in [3.63, 3.8) is 0 Å². The van der Waals surface area contributed by atoms with Gasteiger partial charge in [-0.15, -0.1) is 0 Å². The highest BCUT2D eigenvalue weighted by Gasteiger charge is 2.38. The molecule has 1 atom stereocenters. The van der Waals surface area contributed by atoms with Crippen LogP contribution in [-0.4, -0.2) is 29.6 Å². The molecule has 4 heteroatoms. The summed E-state index contributed by atoms with van der Waals surface area (Å²) in [4.78, 5) is 0. The van der Waals surface area contributed by atoms with Gasteiger partial charge in [-0.3, -0.25) is 0 Å². The van der Waals surface area contributed by atoms with Crippen LogP contribution in [0.1, 0.15) is 33.6 Å². The Morgan fingerprint density at radius 2 is 1.59 bits per heavy atom. The second-order valence-electron chi connectivity index (χ2n) is 8.79. The summed E-state index contributed by atoms with van der Waals surface area (Å²) < 4.78 is 11.6. The highest BCUT2D eigenvalue weighted by molar-refractivity contribution is 6.76. The molecule has 0 aliphatic rings. The molecule has 0 N–H and O–H groups in total. The molecule has 0 saturated heterocycles. The average molecular weight is 343 g/mol. The SMILES string of the molecule is CO/C=C/CCC(/C=C\C[Si](C)(C)C)O[Si](C)(C)C(C)(C)C. The van der Waals surface area contributed by atoms with Crippen LogP contribution in [0.3, 0.4) is 0 Å². The number of ether oxygens (including phenoxy) is 1. The van der Waals surface area contributed by atoms with Crippen LogP contribution in [0, 0.1) is 0 Å². The first-order valence-electron chi connectivity index (χ1n) is 8.41. The highest BCUT2D eigenvalue weighted by Crippen LogP contribution is 2.38. The number of hydrogen-bond donors (Lipinski definition) is 0. The zero-order chi connectivity index (χ0) is 17.4. The van der Waals surface area contributed by atoms with E-state index in [-0.39, 0.29) is 11.1 Å². The molecule has 130 valence electrons. The monoisotopic (exact) mass is 342 g/mol.